The lowest BCUT2D eigenvalue weighted by atomic mass is 10.2. The maximum Gasteiger partial charge on any atom is 0.182 e. The van der Waals surface area contributed by atoms with Crippen molar-refractivity contribution in [3.8, 4) is 5.75 Å². The number of ether oxygens (including phenoxy) is 2. The van der Waals surface area contributed by atoms with Crippen LogP contribution in [0.1, 0.15) is 18.9 Å². The number of morpholine rings is 1. The molecule has 1 aromatic carbocycles. The fraction of sp³-hybridized carbons (Fsp3) is 0.400. The number of sulfone groups is 1. The van der Waals surface area contributed by atoms with Crippen LogP contribution in [0.3, 0.4) is 0 Å². The van der Waals surface area contributed by atoms with Crippen LogP contribution in [0.25, 0.3) is 11.0 Å². The minimum Gasteiger partial charge on any atom is -0.497 e. The van der Waals surface area contributed by atoms with E-state index in [2.05, 4.69) is 26.8 Å². The second-order valence-electron chi connectivity index (χ2n) is 7.22. The van der Waals surface area contributed by atoms with Crippen LogP contribution >= 0.6 is 0 Å². The van der Waals surface area contributed by atoms with E-state index in [9.17, 15) is 8.42 Å². The van der Waals surface area contributed by atoms with Crippen molar-refractivity contribution in [3.05, 3.63) is 36.2 Å². The summed E-state index contributed by atoms with van der Waals surface area (Å²) in [6.45, 7) is 4.10. The summed E-state index contributed by atoms with van der Waals surface area (Å²) in [5, 5.41) is 0. The average molecular weight is 432 g/mol. The second-order valence-corrected chi connectivity index (χ2v) is 9.21. The predicted molar refractivity (Wildman–Crippen MR) is 114 cm³/mol. The first-order chi connectivity index (χ1) is 14.4. The SMILES string of the molecule is CCC1CN(c2ncnc3c(CS(=O)(=O)c4ccc(OC)cc4)c(N)[nH]c23)CCO1. The first-order valence-corrected chi connectivity index (χ1v) is 11.4. The van der Waals surface area contributed by atoms with Gasteiger partial charge in [-0.2, -0.15) is 0 Å². The molecule has 0 amide bonds. The van der Waals surface area contributed by atoms with Crippen molar-refractivity contribution in [2.75, 3.05) is 37.4 Å². The quantitative estimate of drug-likeness (QED) is 0.608. The number of nitrogens with zero attached hydrogens (tertiary/aromatic N) is 3. The number of hydrogen-bond donors (Lipinski definition) is 2. The van der Waals surface area contributed by atoms with E-state index in [1.165, 1.54) is 25.6 Å². The monoisotopic (exact) mass is 431 g/mol. The lowest BCUT2D eigenvalue weighted by molar-refractivity contribution is 0.0382. The molecule has 3 heterocycles. The van der Waals surface area contributed by atoms with Crippen LogP contribution in [0.15, 0.2) is 35.5 Å². The number of nitrogens with one attached hydrogen (secondary N) is 1. The molecule has 3 aromatic rings. The van der Waals surface area contributed by atoms with E-state index < -0.39 is 9.84 Å². The Hall–Kier alpha value is -2.85. The van der Waals surface area contributed by atoms with Gasteiger partial charge in [-0.15, -0.1) is 0 Å². The lowest BCUT2D eigenvalue weighted by Crippen LogP contribution is -2.42. The van der Waals surface area contributed by atoms with E-state index in [1.807, 2.05) is 0 Å². The molecule has 1 unspecified atom stereocenters. The smallest absolute Gasteiger partial charge is 0.182 e. The van der Waals surface area contributed by atoms with Crippen molar-refractivity contribution in [1.82, 2.24) is 15.0 Å². The minimum atomic E-state index is -3.62. The molecule has 2 aromatic heterocycles. The normalized spacial score (nSPS) is 17.4. The van der Waals surface area contributed by atoms with Crippen molar-refractivity contribution in [3.63, 3.8) is 0 Å². The highest BCUT2D eigenvalue weighted by molar-refractivity contribution is 7.90. The van der Waals surface area contributed by atoms with Gasteiger partial charge in [-0.25, -0.2) is 18.4 Å². The molecular formula is C20H25N5O4S. The zero-order valence-electron chi connectivity index (χ0n) is 17.0. The van der Waals surface area contributed by atoms with Gasteiger partial charge in [0.05, 0.1) is 36.0 Å². The fourth-order valence-corrected chi connectivity index (χ4v) is 5.05. The van der Waals surface area contributed by atoms with Crippen LogP contribution in [-0.4, -0.2) is 56.3 Å². The maximum atomic E-state index is 13.0. The van der Waals surface area contributed by atoms with E-state index >= 15 is 0 Å². The van der Waals surface area contributed by atoms with E-state index in [0.29, 0.717) is 47.9 Å². The molecule has 10 heteroatoms. The van der Waals surface area contributed by atoms with Crippen molar-refractivity contribution in [2.24, 2.45) is 0 Å². The molecular weight excluding hydrogens is 406 g/mol. The number of aromatic nitrogens is 3. The molecule has 9 nitrogen and oxygen atoms in total. The molecule has 3 N–H and O–H groups in total. The molecule has 160 valence electrons. The van der Waals surface area contributed by atoms with Crippen molar-refractivity contribution in [2.45, 2.75) is 30.1 Å². The molecule has 0 spiro atoms. The Labute approximate surface area is 175 Å². The van der Waals surface area contributed by atoms with Gasteiger partial charge in [-0.05, 0) is 30.7 Å². The summed E-state index contributed by atoms with van der Waals surface area (Å²) in [5.41, 5.74) is 7.80. The summed E-state index contributed by atoms with van der Waals surface area (Å²) in [7, 11) is -2.09. The summed E-state index contributed by atoms with van der Waals surface area (Å²) in [6.07, 6.45) is 2.49. The third-order valence-corrected chi connectivity index (χ3v) is 7.00. The molecule has 0 radical (unpaired) electrons. The second kappa shape index (κ2) is 8.11. The average Bonchev–Trinajstić information content (AvgIpc) is 3.08. The molecule has 0 aliphatic carbocycles. The number of hydrogen-bond acceptors (Lipinski definition) is 8. The lowest BCUT2D eigenvalue weighted by Gasteiger charge is -2.33. The highest BCUT2D eigenvalue weighted by atomic mass is 32.2. The van der Waals surface area contributed by atoms with Crippen LogP contribution in [0.2, 0.25) is 0 Å². The van der Waals surface area contributed by atoms with Crippen molar-refractivity contribution >= 4 is 32.5 Å². The molecule has 0 bridgehead atoms. The number of aromatic amines is 1. The Morgan fingerprint density at radius 3 is 2.77 bits per heavy atom. The topological polar surface area (TPSA) is 123 Å². The molecule has 1 saturated heterocycles. The van der Waals surface area contributed by atoms with Gasteiger partial charge in [0.1, 0.15) is 23.4 Å². The third-order valence-electron chi connectivity index (χ3n) is 5.34. The van der Waals surface area contributed by atoms with Crippen LogP contribution < -0.4 is 15.4 Å². The van der Waals surface area contributed by atoms with Gasteiger partial charge in [-0.3, -0.25) is 0 Å². The number of H-pyrrole nitrogens is 1. The number of benzene rings is 1. The van der Waals surface area contributed by atoms with Crippen molar-refractivity contribution in [1.29, 1.82) is 0 Å². The first kappa shape index (κ1) is 20.4. The minimum absolute atomic E-state index is 0.131. The molecule has 1 fully saturated rings. The van der Waals surface area contributed by atoms with Crippen LogP contribution in [0.4, 0.5) is 11.6 Å². The van der Waals surface area contributed by atoms with E-state index in [0.717, 1.165) is 6.42 Å². The molecule has 30 heavy (non-hydrogen) atoms. The zero-order chi connectivity index (χ0) is 21.3. The third kappa shape index (κ3) is 3.80. The van der Waals surface area contributed by atoms with E-state index in [1.54, 1.807) is 12.1 Å². The zero-order valence-corrected chi connectivity index (χ0v) is 17.8. The van der Waals surface area contributed by atoms with Crippen LogP contribution in [0.5, 0.6) is 5.75 Å². The number of nitrogen functional groups attached to an aromatic ring is 1. The predicted octanol–water partition coefficient (Wildman–Crippen LogP) is 2.14. The summed E-state index contributed by atoms with van der Waals surface area (Å²) in [4.78, 5) is 14.2. The van der Waals surface area contributed by atoms with Gasteiger partial charge in [0.15, 0.2) is 15.7 Å². The number of anilines is 2. The Bertz CT molecular complexity index is 1140. The Morgan fingerprint density at radius 1 is 1.30 bits per heavy atom. The highest BCUT2D eigenvalue weighted by Gasteiger charge is 2.26. The molecule has 1 atom stereocenters. The van der Waals surface area contributed by atoms with Gasteiger partial charge in [-0.1, -0.05) is 6.92 Å². The van der Waals surface area contributed by atoms with Gasteiger partial charge in [0, 0.05) is 18.7 Å². The van der Waals surface area contributed by atoms with Gasteiger partial charge < -0.3 is 25.1 Å². The number of nitrogens with two attached hydrogens (primary N) is 1. The van der Waals surface area contributed by atoms with Crippen LogP contribution in [0, 0.1) is 0 Å². The largest absolute Gasteiger partial charge is 0.497 e. The van der Waals surface area contributed by atoms with Crippen LogP contribution in [-0.2, 0) is 20.3 Å². The van der Waals surface area contributed by atoms with Gasteiger partial charge in [0.25, 0.3) is 0 Å². The first-order valence-electron chi connectivity index (χ1n) is 9.77. The fourth-order valence-electron chi connectivity index (χ4n) is 3.66. The van der Waals surface area contributed by atoms with Gasteiger partial charge in [0.2, 0.25) is 0 Å². The van der Waals surface area contributed by atoms with Gasteiger partial charge >= 0.3 is 0 Å². The number of rotatable bonds is 6. The Morgan fingerprint density at radius 2 is 2.07 bits per heavy atom. The maximum absolute atomic E-state index is 13.0. The molecule has 1 aliphatic heterocycles. The molecule has 1 aliphatic rings. The highest BCUT2D eigenvalue weighted by Crippen LogP contribution is 2.32. The number of methoxy groups -OCH3 is 1. The summed E-state index contributed by atoms with van der Waals surface area (Å²) in [6, 6.07) is 6.29. The van der Waals surface area contributed by atoms with E-state index in [4.69, 9.17) is 15.2 Å². The van der Waals surface area contributed by atoms with E-state index in [-0.39, 0.29) is 22.6 Å². The van der Waals surface area contributed by atoms with Crippen molar-refractivity contribution < 1.29 is 17.9 Å². The summed E-state index contributed by atoms with van der Waals surface area (Å²) in [5.74, 6) is 1.32. The number of fused-ring (bicyclic) bond motifs is 1. The standard InChI is InChI=1S/C20H25N5O4S/c1-3-13-10-25(8-9-29-13)20-18-17(22-12-23-20)16(19(21)24-18)11-30(26,27)15-6-4-14(28-2)5-7-15/h4-7,12-13,24H,3,8-11,21H2,1-2H3. The summed E-state index contributed by atoms with van der Waals surface area (Å²) < 4.78 is 36.8. The molecule has 4 rings (SSSR count). The summed E-state index contributed by atoms with van der Waals surface area (Å²) >= 11 is 0. The molecule has 0 saturated carbocycles. The Kier molecular flexibility index (Phi) is 5.52. The Balaban J connectivity index is 1.69.